The van der Waals surface area contributed by atoms with Crippen molar-refractivity contribution < 1.29 is 9.47 Å². The van der Waals surface area contributed by atoms with E-state index < -0.39 is 0 Å². The molecule has 0 saturated heterocycles. The lowest BCUT2D eigenvalue weighted by Crippen LogP contribution is -2.41. The van der Waals surface area contributed by atoms with Crippen molar-refractivity contribution in [3.05, 3.63) is 29.8 Å². The SMILES string of the molecule is CCOCCNC(=NC)NCC1CCOc2ccccc21. The Morgan fingerprint density at radius 1 is 1.38 bits per heavy atom. The zero-order valence-electron chi connectivity index (χ0n) is 12.9. The molecular weight excluding hydrogens is 266 g/mol. The average molecular weight is 291 g/mol. The molecule has 0 amide bonds. The standard InChI is InChI=1S/C16H25N3O2/c1-3-20-11-9-18-16(17-2)19-12-13-8-10-21-15-7-5-4-6-14(13)15/h4-7,13H,3,8-12H2,1-2H3,(H2,17,18,19). The number of hydrogen-bond donors (Lipinski definition) is 2. The Morgan fingerprint density at radius 2 is 2.24 bits per heavy atom. The molecule has 1 aromatic carbocycles. The van der Waals surface area contributed by atoms with Crippen LogP contribution in [0.25, 0.3) is 0 Å². The highest BCUT2D eigenvalue weighted by molar-refractivity contribution is 5.79. The molecule has 0 radical (unpaired) electrons. The maximum atomic E-state index is 5.69. The Bertz CT molecular complexity index is 463. The Labute approximate surface area is 126 Å². The quantitative estimate of drug-likeness (QED) is 0.476. The van der Waals surface area contributed by atoms with Crippen molar-refractivity contribution in [3.63, 3.8) is 0 Å². The third-order valence-corrected chi connectivity index (χ3v) is 3.57. The van der Waals surface area contributed by atoms with Gasteiger partial charge in [0.25, 0.3) is 0 Å². The molecule has 1 aromatic rings. The number of nitrogens with zero attached hydrogens (tertiary/aromatic N) is 1. The molecule has 0 bridgehead atoms. The lowest BCUT2D eigenvalue weighted by molar-refractivity contribution is 0.152. The minimum Gasteiger partial charge on any atom is -0.493 e. The van der Waals surface area contributed by atoms with Crippen molar-refractivity contribution in [1.29, 1.82) is 0 Å². The fourth-order valence-corrected chi connectivity index (χ4v) is 2.45. The number of benzene rings is 1. The molecule has 0 fully saturated rings. The minimum absolute atomic E-state index is 0.459. The summed E-state index contributed by atoms with van der Waals surface area (Å²) in [5.41, 5.74) is 1.28. The van der Waals surface area contributed by atoms with E-state index in [1.807, 2.05) is 19.1 Å². The van der Waals surface area contributed by atoms with Gasteiger partial charge in [-0.05, 0) is 25.0 Å². The number of ether oxygens (including phenoxy) is 2. The normalized spacial score (nSPS) is 17.8. The van der Waals surface area contributed by atoms with Crippen molar-refractivity contribution in [2.45, 2.75) is 19.3 Å². The van der Waals surface area contributed by atoms with Gasteiger partial charge < -0.3 is 20.1 Å². The summed E-state index contributed by atoms with van der Waals surface area (Å²) in [6, 6.07) is 8.27. The summed E-state index contributed by atoms with van der Waals surface area (Å²) in [7, 11) is 1.79. The molecule has 5 nitrogen and oxygen atoms in total. The molecule has 2 rings (SSSR count). The molecule has 116 valence electrons. The fourth-order valence-electron chi connectivity index (χ4n) is 2.45. The van der Waals surface area contributed by atoms with E-state index >= 15 is 0 Å². The van der Waals surface area contributed by atoms with E-state index in [4.69, 9.17) is 9.47 Å². The summed E-state index contributed by atoms with van der Waals surface area (Å²) in [6.45, 7) is 5.83. The van der Waals surface area contributed by atoms with Gasteiger partial charge in [0.05, 0.1) is 13.2 Å². The first kappa shape index (κ1) is 15.6. The molecule has 0 aromatic heterocycles. The molecule has 5 heteroatoms. The van der Waals surface area contributed by atoms with Crippen LogP contribution in [-0.4, -0.2) is 45.9 Å². The van der Waals surface area contributed by atoms with Gasteiger partial charge in [-0.1, -0.05) is 18.2 Å². The van der Waals surface area contributed by atoms with Gasteiger partial charge in [0, 0.05) is 32.7 Å². The van der Waals surface area contributed by atoms with E-state index in [1.165, 1.54) is 5.56 Å². The maximum Gasteiger partial charge on any atom is 0.191 e. The smallest absolute Gasteiger partial charge is 0.191 e. The van der Waals surface area contributed by atoms with E-state index in [9.17, 15) is 0 Å². The predicted molar refractivity (Wildman–Crippen MR) is 85.2 cm³/mol. The van der Waals surface area contributed by atoms with E-state index in [0.717, 1.165) is 44.4 Å². The number of guanidine groups is 1. The van der Waals surface area contributed by atoms with Crippen LogP contribution in [0.2, 0.25) is 0 Å². The van der Waals surface area contributed by atoms with Gasteiger partial charge in [0.15, 0.2) is 5.96 Å². The third-order valence-electron chi connectivity index (χ3n) is 3.57. The topological polar surface area (TPSA) is 54.9 Å². The third kappa shape index (κ3) is 4.63. The van der Waals surface area contributed by atoms with Crippen molar-refractivity contribution in [2.75, 3.05) is 40.0 Å². The summed E-state index contributed by atoms with van der Waals surface area (Å²) in [6.07, 6.45) is 1.03. The first-order valence-electron chi connectivity index (χ1n) is 7.59. The van der Waals surface area contributed by atoms with Crippen molar-refractivity contribution in [2.24, 2.45) is 4.99 Å². The number of hydrogen-bond acceptors (Lipinski definition) is 3. The zero-order valence-corrected chi connectivity index (χ0v) is 12.9. The van der Waals surface area contributed by atoms with Crippen LogP contribution in [-0.2, 0) is 4.74 Å². The maximum absolute atomic E-state index is 5.69. The van der Waals surface area contributed by atoms with Gasteiger partial charge in [0.2, 0.25) is 0 Å². The molecular formula is C16H25N3O2. The highest BCUT2D eigenvalue weighted by atomic mass is 16.5. The molecule has 1 heterocycles. The van der Waals surface area contributed by atoms with E-state index in [1.54, 1.807) is 7.05 Å². The van der Waals surface area contributed by atoms with E-state index in [0.29, 0.717) is 12.5 Å². The summed E-state index contributed by atoms with van der Waals surface area (Å²) in [5, 5.41) is 6.64. The van der Waals surface area contributed by atoms with Crippen LogP contribution in [0.3, 0.4) is 0 Å². The number of aliphatic imine (C=N–C) groups is 1. The van der Waals surface area contributed by atoms with Crippen LogP contribution in [0, 0.1) is 0 Å². The van der Waals surface area contributed by atoms with E-state index in [2.05, 4.69) is 27.8 Å². The molecule has 1 atom stereocenters. The Morgan fingerprint density at radius 3 is 3.05 bits per heavy atom. The second-order valence-electron chi connectivity index (χ2n) is 4.95. The first-order chi connectivity index (χ1) is 10.3. The van der Waals surface area contributed by atoms with Gasteiger partial charge >= 0.3 is 0 Å². The molecule has 0 spiro atoms. The molecule has 0 aliphatic carbocycles. The Balaban J connectivity index is 1.82. The van der Waals surface area contributed by atoms with E-state index in [-0.39, 0.29) is 0 Å². The molecule has 1 aliphatic rings. The molecule has 2 N–H and O–H groups in total. The van der Waals surface area contributed by atoms with Gasteiger partial charge in [-0.15, -0.1) is 0 Å². The predicted octanol–water partition coefficient (Wildman–Crippen LogP) is 1.75. The van der Waals surface area contributed by atoms with Crippen molar-refractivity contribution in [3.8, 4) is 5.75 Å². The average Bonchev–Trinajstić information content (AvgIpc) is 2.54. The highest BCUT2D eigenvalue weighted by Crippen LogP contribution is 2.32. The molecule has 21 heavy (non-hydrogen) atoms. The first-order valence-corrected chi connectivity index (χ1v) is 7.59. The van der Waals surface area contributed by atoms with Gasteiger partial charge in [0.1, 0.15) is 5.75 Å². The highest BCUT2D eigenvalue weighted by Gasteiger charge is 2.20. The van der Waals surface area contributed by atoms with Crippen LogP contribution in [0.5, 0.6) is 5.75 Å². The number of rotatable bonds is 6. The summed E-state index contributed by atoms with van der Waals surface area (Å²) in [4.78, 5) is 4.23. The van der Waals surface area contributed by atoms with Crippen LogP contribution in [0.4, 0.5) is 0 Å². The fraction of sp³-hybridized carbons (Fsp3) is 0.562. The molecule has 0 saturated carbocycles. The number of nitrogens with one attached hydrogen (secondary N) is 2. The van der Waals surface area contributed by atoms with Gasteiger partial charge in [-0.3, -0.25) is 4.99 Å². The van der Waals surface area contributed by atoms with Crippen LogP contribution < -0.4 is 15.4 Å². The second kappa shape index (κ2) is 8.52. The lowest BCUT2D eigenvalue weighted by atomic mass is 9.93. The summed E-state index contributed by atoms with van der Waals surface area (Å²) >= 11 is 0. The lowest BCUT2D eigenvalue weighted by Gasteiger charge is -2.26. The Hall–Kier alpha value is -1.75. The van der Waals surface area contributed by atoms with Gasteiger partial charge in [-0.2, -0.15) is 0 Å². The Kier molecular flexibility index (Phi) is 6.34. The number of para-hydroxylation sites is 1. The van der Waals surface area contributed by atoms with Crippen molar-refractivity contribution in [1.82, 2.24) is 10.6 Å². The van der Waals surface area contributed by atoms with Crippen LogP contribution in [0.15, 0.2) is 29.3 Å². The second-order valence-corrected chi connectivity index (χ2v) is 4.95. The molecule has 1 aliphatic heterocycles. The van der Waals surface area contributed by atoms with Gasteiger partial charge in [-0.25, -0.2) is 0 Å². The number of fused-ring (bicyclic) bond motifs is 1. The van der Waals surface area contributed by atoms with Crippen LogP contribution in [0.1, 0.15) is 24.8 Å². The largest absolute Gasteiger partial charge is 0.493 e. The van der Waals surface area contributed by atoms with Crippen LogP contribution >= 0.6 is 0 Å². The monoisotopic (exact) mass is 291 g/mol. The molecule has 1 unspecified atom stereocenters. The summed E-state index contributed by atoms with van der Waals surface area (Å²) < 4.78 is 11.0. The zero-order chi connectivity index (χ0) is 14.9. The summed E-state index contributed by atoms with van der Waals surface area (Å²) in [5.74, 6) is 2.29. The van der Waals surface area contributed by atoms with Crippen molar-refractivity contribution >= 4 is 5.96 Å². The minimum atomic E-state index is 0.459.